The minimum Gasteiger partial charge on any atom is -0.393 e. The maximum absolute atomic E-state index is 11.6. The van der Waals surface area contributed by atoms with E-state index < -0.39 is 0 Å². The predicted octanol–water partition coefficient (Wildman–Crippen LogP) is 6.37. The summed E-state index contributed by atoms with van der Waals surface area (Å²) in [6.07, 6.45) is 15.3. The second kappa shape index (κ2) is 10.1. The third kappa shape index (κ3) is 4.69. The second-order valence-electron chi connectivity index (χ2n) is 14.1. The average molecular weight is 461 g/mol. The topological polar surface area (TPSA) is 72.3 Å². The van der Waals surface area contributed by atoms with Crippen molar-refractivity contribution in [2.75, 3.05) is 6.54 Å². The number of aliphatic hydroxyl groups excluding tert-OH is 1. The molecule has 0 aromatic carbocycles. The van der Waals surface area contributed by atoms with Crippen LogP contribution in [0, 0.1) is 58.2 Å². The summed E-state index contributed by atoms with van der Waals surface area (Å²) >= 11 is 0. The summed E-state index contributed by atoms with van der Waals surface area (Å²) < 4.78 is 0. The molecule has 4 aliphatic carbocycles. The van der Waals surface area contributed by atoms with Crippen molar-refractivity contribution >= 4 is 0 Å². The molecule has 0 aliphatic heterocycles. The molecule has 5 N–H and O–H groups in total. The normalized spacial score (nSPS) is 47.0. The molecule has 0 saturated heterocycles. The molecule has 0 aromatic rings. The molecule has 4 saturated carbocycles. The fourth-order valence-electron chi connectivity index (χ4n) is 10.1. The van der Waals surface area contributed by atoms with Crippen LogP contribution < -0.4 is 11.5 Å². The number of aliphatic hydroxyl groups is 1. The summed E-state index contributed by atoms with van der Waals surface area (Å²) in [7, 11) is 0. The van der Waals surface area contributed by atoms with E-state index in [9.17, 15) is 5.11 Å². The van der Waals surface area contributed by atoms with Crippen LogP contribution in [0.1, 0.15) is 112 Å². The Morgan fingerprint density at radius 3 is 2.27 bits per heavy atom. The van der Waals surface area contributed by atoms with E-state index >= 15 is 0 Å². The van der Waals surface area contributed by atoms with Gasteiger partial charge >= 0.3 is 0 Å². The highest BCUT2D eigenvalue weighted by Crippen LogP contribution is 2.68. The first-order chi connectivity index (χ1) is 15.6. The lowest BCUT2D eigenvalue weighted by Crippen LogP contribution is -2.59. The van der Waals surface area contributed by atoms with Crippen molar-refractivity contribution in [3.63, 3.8) is 0 Å². The number of hydrogen-bond donors (Lipinski definition) is 3. The summed E-state index contributed by atoms with van der Waals surface area (Å²) in [4.78, 5) is 0. The van der Waals surface area contributed by atoms with Crippen LogP contribution in [0.25, 0.3) is 0 Å². The fraction of sp³-hybridized carbons (Fsp3) is 1.00. The minimum absolute atomic E-state index is 0.0998. The van der Waals surface area contributed by atoms with Crippen LogP contribution in [-0.2, 0) is 0 Å². The van der Waals surface area contributed by atoms with Crippen LogP contribution in [0.2, 0.25) is 0 Å². The van der Waals surface area contributed by atoms with Crippen molar-refractivity contribution in [1.29, 1.82) is 0 Å². The quantitative estimate of drug-likeness (QED) is 0.394. The molecular weight excluding hydrogens is 404 g/mol. The van der Waals surface area contributed by atoms with Crippen molar-refractivity contribution in [1.82, 2.24) is 0 Å². The van der Waals surface area contributed by atoms with Gasteiger partial charge in [0, 0.05) is 6.04 Å². The van der Waals surface area contributed by atoms with Crippen LogP contribution >= 0.6 is 0 Å². The maximum Gasteiger partial charge on any atom is 0.0577 e. The SMILES string of the molecule is CC(C)CCC[C@@H](C)[C@H]1CC[C@H]2[C@@H]3[C@@H](O)C[C@H]4C[C@@H](C(N)CCN)CC[C@]4(C)[C@H]3CC[C@]12C. The molecule has 0 radical (unpaired) electrons. The molecule has 0 heterocycles. The van der Waals surface area contributed by atoms with Gasteiger partial charge < -0.3 is 16.6 Å². The Morgan fingerprint density at radius 2 is 1.58 bits per heavy atom. The van der Waals surface area contributed by atoms with Crippen LogP contribution in [0.15, 0.2) is 0 Å². The monoisotopic (exact) mass is 460 g/mol. The Morgan fingerprint density at radius 1 is 0.879 bits per heavy atom. The summed E-state index contributed by atoms with van der Waals surface area (Å²) in [6.45, 7) is 13.2. The number of rotatable bonds is 8. The fourth-order valence-corrected chi connectivity index (χ4v) is 10.1. The Hall–Kier alpha value is -0.120. The van der Waals surface area contributed by atoms with E-state index in [0.717, 1.165) is 36.5 Å². The van der Waals surface area contributed by atoms with E-state index in [1.165, 1.54) is 64.2 Å². The van der Waals surface area contributed by atoms with Gasteiger partial charge in [0.25, 0.3) is 0 Å². The van der Waals surface area contributed by atoms with Gasteiger partial charge in [0.05, 0.1) is 6.10 Å². The van der Waals surface area contributed by atoms with E-state index in [2.05, 4.69) is 34.6 Å². The number of fused-ring (bicyclic) bond motifs is 5. The Kier molecular flexibility index (Phi) is 7.94. The highest BCUT2D eigenvalue weighted by atomic mass is 16.3. The minimum atomic E-state index is -0.0998. The zero-order valence-corrected chi connectivity index (χ0v) is 22.6. The smallest absolute Gasteiger partial charge is 0.0577 e. The summed E-state index contributed by atoms with van der Waals surface area (Å²) in [5, 5.41) is 11.6. The molecular formula is C30H56N2O. The first kappa shape index (κ1) is 26.0. The molecule has 4 rings (SSSR count). The first-order valence-electron chi connectivity index (χ1n) is 14.8. The van der Waals surface area contributed by atoms with E-state index in [1.807, 2.05) is 0 Å². The number of nitrogens with two attached hydrogens (primary N) is 2. The van der Waals surface area contributed by atoms with E-state index in [1.54, 1.807) is 0 Å². The van der Waals surface area contributed by atoms with Gasteiger partial charge in [-0.25, -0.2) is 0 Å². The van der Waals surface area contributed by atoms with Crippen LogP contribution in [-0.4, -0.2) is 23.8 Å². The molecule has 3 nitrogen and oxygen atoms in total. The lowest BCUT2D eigenvalue weighted by molar-refractivity contribution is -0.170. The number of hydrogen-bond acceptors (Lipinski definition) is 3. The lowest BCUT2D eigenvalue weighted by Gasteiger charge is -2.63. The average Bonchev–Trinajstić information content (AvgIpc) is 3.11. The molecule has 3 heteroatoms. The van der Waals surface area contributed by atoms with Gasteiger partial charge in [0.2, 0.25) is 0 Å². The molecule has 0 aromatic heterocycles. The van der Waals surface area contributed by atoms with Gasteiger partial charge in [-0.15, -0.1) is 0 Å². The van der Waals surface area contributed by atoms with Crippen LogP contribution in [0.5, 0.6) is 0 Å². The van der Waals surface area contributed by atoms with Gasteiger partial charge in [-0.2, -0.15) is 0 Å². The van der Waals surface area contributed by atoms with Crippen LogP contribution in [0.4, 0.5) is 0 Å². The van der Waals surface area contributed by atoms with E-state index in [4.69, 9.17) is 11.5 Å². The Bertz CT molecular complexity index is 651. The summed E-state index contributed by atoms with van der Waals surface area (Å²) in [5.74, 6) is 5.75. The standard InChI is InChI=1S/C30H56N2O/c1-19(2)7-6-8-20(3)23-9-10-24-28-25(12-15-30(23,24)5)29(4)14-11-21(26(32)13-16-31)17-22(29)18-27(28)33/h19-28,33H,6-18,31-32H2,1-5H3/t20-,21+,22-,23-,24+,25+,26?,27+,28+,29+,30-/m1/s1. The van der Waals surface area contributed by atoms with Crippen molar-refractivity contribution in [2.24, 2.45) is 69.6 Å². The zero-order valence-electron chi connectivity index (χ0n) is 22.6. The third-order valence-corrected chi connectivity index (χ3v) is 12.0. The molecule has 0 amide bonds. The Labute approximate surface area is 205 Å². The molecule has 192 valence electrons. The van der Waals surface area contributed by atoms with Crippen molar-refractivity contribution in [3.8, 4) is 0 Å². The van der Waals surface area contributed by atoms with Gasteiger partial charge in [-0.05, 0) is 123 Å². The molecule has 1 unspecified atom stereocenters. The summed E-state index contributed by atoms with van der Waals surface area (Å²) in [5.41, 5.74) is 13.2. The molecule has 11 atom stereocenters. The molecule has 4 fully saturated rings. The van der Waals surface area contributed by atoms with E-state index in [-0.39, 0.29) is 12.1 Å². The van der Waals surface area contributed by atoms with Gasteiger partial charge in [0.15, 0.2) is 0 Å². The zero-order chi connectivity index (χ0) is 24.0. The van der Waals surface area contributed by atoms with Crippen molar-refractivity contribution < 1.29 is 5.11 Å². The van der Waals surface area contributed by atoms with E-state index in [0.29, 0.717) is 41.0 Å². The van der Waals surface area contributed by atoms with Gasteiger partial charge in [-0.3, -0.25) is 0 Å². The molecule has 4 aliphatic rings. The lowest BCUT2D eigenvalue weighted by atomic mass is 9.43. The molecule has 0 bridgehead atoms. The van der Waals surface area contributed by atoms with Crippen molar-refractivity contribution in [3.05, 3.63) is 0 Å². The highest BCUT2D eigenvalue weighted by molar-refractivity contribution is 5.12. The molecule has 33 heavy (non-hydrogen) atoms. The first-order valence-corrected chi connectivity index (χ1v) is 14.8. The van der Waals surface area contributed by atoms with Crippen molar-refractivity contribution in [2.45, 2.75) is 124 Å². The van der Waals surface area contributed by atoms with Crippen LogP contribution in [0.3, 0.4) is 0 Å². The highest BCUT2D eigenvalue weighted by Gasteiger charge is 2.62. The second-order valence-corrected chi connectivity index (χ2v) is 14.1. The molecule has 0 spiro atoms. The summed E-state index contributed by atoms with van der Waals surface area (Å²) in [6, 6.07) is 0.247. The largest absolute Gasteiger partial charge is 0.393 e. The Balaban J connectivity index is 1.47. The maximum atomic E-state index is 11.6. The predicted molar refractivity (Wildman–Crippen MR) is 140 cm³/mol. The van der Waals surface area contributed by atoms with Gasteiger partial charge in [-0.1, -0.05) is 53.9 Å². The van der Waals surface area contributed by atoms with Gasteiger partial charge in [0.1, 0.15) is 0 Å². The third-order valence-electron chi connectivity index (χ3n) is 12.0.